The van der Waals surface area contributed by atoms with Gasteiger partial charge in [0.1, 0.15) is 5.01 Å². The highest BCUT2D eigenvalue weighted by Gasteiger charge is 2.31. The number of amides is 3. The van der Waals surface area contributed by atoms with E-state index in [-0.39, 0.29) is 18.5 Å². The lowest BCUT2D eigenvalue weighted by Gasteiger charge is -2.32. The molecule has 3 N–H and O–H groups in total. The van der Waals surface area contributed by atoms with Gasteiger partial charge in [-0.3, -0.25) is 4.79 Å². The Balaban J connectivity index is 1.44. The Hall–Kier alpha value is -4.18. The first-order valence-corrected chi connectivity index (χ1v) is 13.7. The minimum absolute atomic E-state index is 0.135. The Kier molecular flexibility index (Phi) is 7.88. The topological polar surface area (TPSA) is 88.3 Å². The molecule has 2 heterocycles. The Labute approximate surface area is 233 Å². The molecule has 0 unspecified atom stereocenters. The third kappa shape index (κ3) is 6.17. The molecular formula is C30H27F3N4O2S. The van der Waals surface area contributed by atoms with Crippen LogP contribution < -0.4 is 11.1 Å². The van der Waals surface area contributed by atoms with Crippen LogP contribution in [-0.2, 0) is 23.9 Å². The molecule has 3 aromatic carbocycles. The first-order chi connectivity index (χ1) is 19.2. The zero-order valence-corrected chi connectivity index (χ0v) is 22.3. The lowest BCUT2D eigenvalue weighted by Crippen LogP contribution is -2.44. The molecule has 0 radical (unpaired) electrons. The molecule has 0 saturated heterocycles. The molecule has 1 aliphatic rings. The molecule has 1 aliphatic heterocycles. The molecule has 0 fully saturated rings. The van der Waals surface area contributed by atoms with Crippen LogP contribution in [0.3, 0.4) is 0 Å². The zero-order chi connectivity index (χ0) is 28.3. The summed E-state index contributed by atoms with van der Waals surface area (Å²) in [6, 6.07) is 17.9. The number of nitrogens with two attached hydrogens (primary N) is 1. The normalized spacial score (nSPS) is 13.9. The van der Waals surface area contributed by atoms with E-state index < -0.39 is 17.6 Å². The molecule has 3 amide bonds. The second kappa shape index (κ2) is 11.5. The van der Waals surface area contributed by atoms with Crippen molar-refractivity contribution in [1.29, 1.82) is 0 Å². The van der Waals surface area contributed by atoms with Gasteiger partial charge in [0.25, 0.3) is 0 Å². The number of primary amides is 1. The van der Waals surface area contributed by atoms with Gasteiger partial charge in [0.2, 0.25) is 5.91 Å². The van der Waals surface area contributed by atoms with Crippen LogP contribution in [0.25, 0.3) is 21.7 Å². The molecule has 0 aliphatic carbocycles. The Bertz CT molecular complexity index is 1490. The summed E-state index contributed by atoms with van der Waals surface area (Å²) in [4.78, 5) is 31.0. The van der Waals surface area contributed by atoms with Crippen molar-refractivity contribution < 1.29 is 22.8 Å². The average Bonchev–Trinajstić information content (AvgIpc) is 3.49. The Morgan fingerprint density at radius 2 is 1.80 bits per heavy atom. The summed E-state index contributed by atoms with van der Waals surface area (Å²) in [7, 11) is 0. The highest BCUT2D eigenvalue weighted by Crippen LogP contribution is 2.37. The lowest BCUT2D eigenvalue weighted by molar-refractivity contribution is -0.137. The monoisotopic (exact) mass is 564 g/mol. The number of halogens is 3. The maximum atomic E-state index is 13.4. The number of nitrogens with one attached hydrogen (secondary N) is 1. The van der Waals surface area contributed by atoms with Crippen LogP contribution in [0.15, 0.2) is 78.3 Å². The summed E-state index contributed by atoms with van der Waals surface area (Å²) in [5.41, 5.74) is 9.81. The molecule has 10 heteroatoms. The van der Waals surface area contributed by atoms with Crippen molar-refractivity contribution in [3.05, 3.63) is 101 Å². The zero-order valence-electron chi connectivity index (χ0n) is 21.4. The molecule has 4 aromatic rings. The van der Waals surface area contributed by atoms with E-state index in [2.05, 4.69) is 10.3 Å². The molecule has 40 heavy (non-hydrogen) atoms. The lowest BCUT2D eigenvalue weighted by atomic mass is 9.88. The van der Waals surface area contributed by atoms with Crippen LogP contribution in [0.2, 0.25) is 0 Å². The van der Waals surface area contributed by atoms with E-state index in [1.54, 1.807) is 11.1 Å². The van der Waals surface area contributed by atoms with Gasteiger partial charge >= 0.3 is 12.2 Å². The van der Waals surface area contributed by atoms with Gasteiger partial charge in [-0.15, -0.1) is 11.3 Å². The molecule has 1 atom stereocenters. The van der Waals surface area contributed by atoms with Crippen LogP contribution in [0.5, 0.6) is 0 Å². The van der Waals surface area contributed by atoms with Crippen molar-refractivity contribution in [2.24, 2.45) is 5.73 Å². The summed E-state index contributed by atoms with van der Waals surface area (Å²) in [6.45, 7) is 0.756. The van der Waals surface area contributed by atoms with Gasteiger partial charge < -0.3 is 16.0 Å². The first-order valence-electron chi connectivity index (χ1n) is 12.8. The van der Waals surface area contributed by atoms with Crippen molar-refractivity contribution in [2.75, 3.05) is 6.54 Å². The van der Waals surface area contributed by atoms with E-state index >= 15 is 0 Å². The van der Waals surface area contributed by atoms with Crippen molar-refractivity contribution in [2.45, 2.75) is 38.0 Å². The summed E-state index contributed by atoms with van der Waals surface area (Å²) < 4.78 is 39.5. The molecule has 6 nitrogen and oxygen atoms in total. The van der Waals surface area contributed by atoms with Gasteiger partial charge in [0.15, 0.2) is 0 Å². The number of hydrogen-bond donors (Lipinski definition) is 2. The third-order valence-electron chi connectivity index (χ3n) is 7.00. The second-order valence-corrected chi connectivity index (χ2v) is 10.6. The number of rotatable bonds is 7. The van der Waals surface area contributed by atoms with Crippen LogP contribution in [0, 0.1) is 0 Å². The van der Waals surface area contributed by atoms with Crippen molar-refractivity contribution in [1.82, 2.24) is 15.2 Å². The van der Waals surface area contributed by atoms with E-state index in [1.807, 2.05) is 47.8 Å². The number of fused-ring (bicyclic) bond motifs is 1. The van der Waals surface area contributed by atoms with Crippen LogP contribution in [0.4, 0.5) is 18.0 Å². The van der Waals surface area contributed by atoms with E-state index in [1.165, 1.54) is 23.5 Å². The minimum Gasteiger partial charge on any atom is -0.370 e. The van der Waals surface area contributed by atoms with Crippen molar-refractivity contribution >= 4 is 23.3 Å². The van der Waals surface area contributed by atoms with Crippen LogP contribution in [-0.4, -0.2) is 28.4 Å². The number of aromatic nitrogens is 1. The Morgan fingerprint density at radius 3 is 2.45 bits per heavy atom. The molecule has 5 rings (SSSR count). The van der Waals surface area contributed by atoms with Gasteiger partial charge in [0.05, 0.1) is 11.6 Å². The molecule has 1 aromatic heterocycles. The molecule has 0 saturated carbocycles. The van der Waals surface area contributed by atoms with E-state index in [0.717, 1.165) is 45.0 Å². The number of hydrogen-bond acceptors (Lipinski definition) is 4. The minimum atomic E-state index is -4.41. The number of carbonyl (C=O) groups is 2. The molecule has 206 valence electrons. The SMILES string of the molecule is NC(=O)CC[C@H](NC(=O)N1CCc2c(cc(-c3nccs3)cc2-c2ccc(C(F)(F)F)cc2)C1)c1ccccc1. The molecule has 0 spiro atoms. The molecular weight excluding hydrogens is 537 g/mol. The number of thiazole rings is 1. The summed E-state index contributed by atoms with van der Waals surface area (Å²) in [5, 5.41) is 5.71. The highest BCUT2D eigenvalue weighted by molar-refractivity contribution is 7.13. The maximum absolute atomic E-state index is 13.4. The van der Waals surface area contributed by atoms with E-state index in [4.69, 9.17) is 5.73 Å². The number of benzene rings is 3. The quantitative estimate of drug-likeness (QED) is 0.266. The van der Waals surface area contributed by atoms with Gasteiger partial charge in [-0.05, 0) is 64.9 Å². The standard InChI is InChI=1S/C30H27F3N4O2S/c31-30(32,33)23-8-6-19(7-9-23)25-17-21(28-35-13-15-40-28)16-22-18-37(14-12-24(22)25)29(39)36-26(10-11-27(34)38)20-4-2-1-3-5-20/h1-9,13,15-17,26H,10-12,14,18H2,(H2,34,38)(H,36,39)/t26-/m0/s1. The van der Waals surface area contributed by atoms with Gasteiger partial charge in [0, 0.05) is 36.7 Å². The third-order valence-corrected chi connectivity index (χ3v) is 7.83. The predicted molar refractivity (Wildman–Crippen MR) is 148 cm³/mol. The van der Waals surface area contributed by atoms with Gasteiger partial charge in [-0.1, -0.05) is 42.5 Å². The predicted octanol–water partition coefficient (Wildman–Crippen LogP) is 6.57. The summed E-state index contributed by atoms with van der Waals surface area (Å²) in [5.74, 6) is -0.437. The fourth-order valence-corrected chi connectivity index (χ4v) is 5.62. The largest absolute Gasteiger partial charge is 0.416 e. The molecule has 0 bridgehead atoms. The summed E-state index contributed by atoms with van der Waals surface area (Å²) in [6.07, 6.45) is -1.66. The Morgan fingerprint density at radius 1 is 1.05 bits per heavy atom. The maximum Gasteiger partial charge on any atom is 0.416 e. The van der Waals surface area contributed by atoms with Gasteiger partial charge in [-0.25, -0.2) is 9.78 Å². The second-order valence-electron chi connectivity index (χ2n) is 9.66. The smallest absolute Gasteiger partial charge is 0.370 e. The van der Waals surface area contributed by atoms with E-state index in [0.29, 0.717) is 31.5 Å². The average molecular weight is 565 g/mol. The number of nitrogens with zero attached hydrogens (tertiary/aromatic N) is 2. The fourth-order valence-electron chi connectivity index (χ4n) is 4.99. The number of carbonyl (C=O) groups excluding carboxylic acids is 2. The number of urea groups is 1. The first kappa shape index (κ1) is 27.4. The highest BCUT2D eigenvalue weighted by atomic mass is 32.1. The van der Waals surface area contributed by atoms with Crippen molar-refractivity contribution in [3.8, 4) is 21.7 Å². The van der Waals surface area contributed by atoms with E-state index in [9.17, 15) is 22.8 Å². The fraction of sp³-hybridized carbons (Fsp3) is 0.233. The van der Waals surface area contributed by atoms with Crippen LogP contribution >= 0.6 is 11.3 Å². The van der Waals surface area contributed by atoms with Crippen molar-refractivity contribution in [3.63, 3.8) is 0 Å². The van der Waals surface area contributed by atoms with Crippen LogP contribution in [0.1, 0.15) is 41.1 Å². The number of alkyl halides is 3. The summed E-state index contributed by atoms with van der Waals surface area (Å²) >= 11 is 1.47. The van der Waals surface area contributed by atoms with Gasteiger partial charge in [-0.2, -0.15) is 13.2 Å².